The van der Waals surface area contributed by atoms with Gasteiger partial charge in [0.2, 0.25) is 0 Å². The molecule has 0 saturated carbocycles. The number of hydrogen-bond donors (Lipinski definition) is 0. The van der Waals surface area contributed by atoms with Gasteiger partial charge >= 0.3 is 0 Å². The molecule has 5 heteroatoms. The van der Waals surface area contributed by atoms with Gasteiger partial charge in [0, 0.05) is 23.7 Å². The van der Waals surface area contributed by atoms with Crippen molar-refractivity contribution >= 4 is 24.0 Å². The van der Waals surface area contributed by atoms with Crippen molar-refractivity contribution in [2.45, 2.75) is 12.8 Å². The molecule has 0 N–H and O–H groups in total. The summed E-state index contributed by atoms with van der Waals surface area (Å²) in [5.74, 6) is 1.81. The third-order valence-electron chi connectivity index (χ3n) is 4.17. The molecule has 0 aromatic heterocycles. The predicted molar refractivity (Wildman–Crippen MR) is 101 cm³/mol. The fourth-order valence-corrected chi connectivity index (χ4v) is 3.14. The summed E-state index contributed by atoms with van der Waals surface area (Å²) >= 11 is 6.38. The maximum absolute atomic E-state index is 6.38. The highest BCUT2D eigenvalue weighted by atomic mass is 35.5. The highest BCUT2D eigenvalue weighted by molar-refractivity contribution is 6.31. The summed E-state index contributed by atoms with van der Waals surface area (Å²) < 4.78 is 11.6. The topological polar surface area (TPSA) is 21.7 Å². The summed E-state index contributed by atoms with van der Waals surface area (Å²) in [5.41, 5.74) is 2.49. The number of nitrogens with zero attached hydrogens (tertiary/aromatic N) is 1. The van der Waals surface area contributed by atoms with Crippen LogP contribution in [0.5, 0.6) is 11.5 Å². The monoisotopic (exact) mass is 367 g/mol. The number of halogens is 2. The van der Waals surface area contributed by atoms with Crippen LogP contribution < -0.4 is 9.47 Å². The van der Waals surface area contributed by atoms with Crippen molar-refractivity contribution in [2.75, 3.05) is 33.4 Å². The lowest BCUT2D eigenvalue weighted by Crippen LogP contribution is -2.20. The Hall–Kier alpha value is -1.42. The minimum atomic E-state index is 0. The van der Waals surface area contributed by atoms with E-state index >= 15 is 0 Å². The quantitative estimate of drug-likeness (QED) is 0.737. The van der Waals surface area contributed by atoms with E-state index in [-0.39, 0.29) is 12.4 Å². The molecule has 1 aliphatic heterocycles. The van der Waals surface area contributed by atoms with Gasteiger partial charge in [0.05, 0.1) is 0 Å². The van der Waals surface area contributed by atoms with E-state index in [4.69, 9.17) is 21.1 Å². The molecule has 2 aromatic rings. The van der Waals surface area contributed by atoms with Crippen molar-refractivity contribution in [2.24, 2.45) is 0 Å². The number of hydrogen-bond acceptors (Lipinski definition) is 3. The summed E-state index contributed by atoms with van der Waals surface area (Å²) in [6.45, 7) is 3.12. The summed E-state index contributed by atoms with van der Waals surface area (Å²) in [5, 5.41) is 0.850. The van der Waals surface area contributed by atoms with E-state index in [2.05, 4.69) is 11.9 Å². The Labute approximate surface area is 154 Å². The van der Waals surface area contributed by atoms with Gasteiger partial charge < -0.3 is 14.4 Å². The molecular formula is C19H23Cl2NO2. The molecule has 0 unspecified atom stereocenters. The fourth-order valence-electron chi connectivity index (χ4n) is 2.87. The van der Waals surface area contributed by atoms with Gasteiger partial charge in [-0.05, 0) is 49.7 Å². The molecule has 2 aromatic carbocycles. The van der Waals surface area contributed by atoms with Gasteiger partial charge in [0.15, 0.2) is 0 Å². The first-order valence-corrected chi connectivity index (χ1v) is 8.41. The van der Waals surface area contributed by atoms with Gasteiger partial charge in [-0.1, -0.05) is 29.8 Å². The maximum Gasteiger partial charge on any atom is 0.123 e. The first-order chi connectivity index (χ1) is 11.2. The van der Waals surface area contributed by atoms with Crippen molar-refractivity contribution in [1.82, 2.24) is 4.90 Å². The zero-order chi connectivity index (χ0) is 16.1. The smallest absolute Gasteiger partial charge is 0.123 e. The first kappa shape index (κ1) is 18.9. The lowest BCUT2D eigenvalue weighted by Gasteiger charge is -2.15. The highest BCUT2D eigenvalue weighted by Gasteiger charge is 2.18. The van der Waals surface area contributed by atoms with Gasteiger partial charge in [0.25, 0.3) is 0 Å². The van der Waals surface area contributed by atoms with E-state index in [1.807, 2.05) is 42.5 Å². The van der Waals surface area contributed by atoms with Crippen molar-refractivity contribution in [3.05, 3.63) is 58.6 Å². The van der Waals surface area contributed by atoms with Crippen LogP contribution in [-0.4, -0.2) is 38.3 Å². The standard InChI is InChI=1S/C19H22ClNO2.ClH/c1-21-11-9-16-17(10-12-21)19(8-7-18(16)20)23-14-13-22-15-5-3-2-4-6-15;/h2-8H,9-14H2,1H3;1H. The Morgan fingerprint density at radius 1 is 0.917 bits per heavy atom. The van der Waals surface area contributed by atoms with Gasteiger partial charge in [-0.2, -0.15) is 0 Å². The molecule has 24 heavy (non-hydrogen) atoms. The molecule has 3 nitrogen and oxygen atoms in total. The molecule has 0 atom stereocenters. The summed E-state index contributed by atoms with van der Waals surface area (Å²) in [7, 11) is 2.15. The lowest BCUT2D eigenvalue weighted by atomic mass is 10.0. The van der Waals surface area contributed by atoms with Crippen molar-refractivity contribution in [3.63, 3.8) is 0 Å². The second kappa shape index (κ2) is 9.16. The molecule has 130 valence electrons. The minimum Gasteiger partial charge on any atom is -0.490 e. The van der Waals surface area contributed by atoms with Crippen LogP contribution in [0, 0.1) is 0 Å². The summed E-state index contributed by atoms with van der Waals surface area (Å²) in [6.07, 6.45) is 1.95. The Bertz CT molecular complexity index is 649. The van der Waals surface area contributed by atoms with Crippen LogP contribution in [-0.2, 0) is 12.8 Å². The van der Waals surface area contributed by atoms with E-state index in [1.165, 1.54) is 11.1 Å². The number of benzene rings is 2. The lowest BCUT2D eigenvalue weighted by molar-refractivity contribution is 0.215. The van der Waals surface area contributed by atoms with Crippen molar-refractivity contribution in [3.8, 4) is 11.5 Å². The third kappa shape index (κ3) is 4.79. The molecule has 3 rings (SSSR count). The molecule has 0 amide bonds. The van der Waals surface area contributed by atoms with Crippen LogP contribution in [0.2, 0.25) is 5.02 Å². The van der Waals surface area contributed by atoms with Crippen LogP contribution in [0.15, 0.2) is 42.5 Å². The Balaban J connectivity index is 0.00000208. The van der Waals surface area contributed by atoms with Crippen LogP contribution in [0.25, 0.3) is 0 Å². The van der Waals surface area contributed by atoms with E-state index in [0.717, 1.165) is 42.5 Å². The molecule has 1 aliphatic rings. The molecule has 0 aliphatic carbocycles. The van der Waals surface area contributed by atoms with Crippen LogP contribution in [0.1, 0.15) is 11.1 Å². The largest absolute Gasteiger partial charge is 0.490 e. The van der Waals surface area contributed by atoms with Gasteiger partial charge in [-0.3, -0.25) is 0 Å². The highest BCUT2D eigenvalue weighted by Crippen LogP contribution is 2.31. The number of ether oxygens (including phenoxy) is 2. The zero-order valence-corrected chi connectivity index (χ0v) is 15.4. The van der Waals surface area contributed by atoms with E-state index in [0.29, 0.717) is 13.2 Å². The predicted octanol–water partition coefficient (Wildman–Crippen LogP) is 4.25. The molecule has 0 saturated heterocycles. The average Bonchev–Trinajstić information content (AvgIpc) is 2.77. The molecular weight excluding hydrogens is 345 g/mol. The van der Waals surface area contributed by atoms with Gasteiger partial charge in [-0.25, -0.2) is 0 Å². The number of likely N-dealkylation sites (N-methyl/N-ethyl adjacent to an activating group) is 1. The first-order valence-electron chi connectivity index (χ1n) is 8.03. The Morgan fingerprint density at radius 2 is 1.58 bits per heavy atom. The van der Waals surface area contributed by atoms with E-state index in [9.17, 15) is 0 Å². The summed E-state index contributed by atoms with van der Waals surface area (Å²) in [6, 6.07) is 13.7. The molecule has 0 bridgehead atoms. The van der Waals surface area contributed by atoms with E-state index < -0.39 is 0 Å². The average molecular weight is 368 g/mol. The third-order valence-corrected chi connectivity index (χ3v) is 4.53. The van der Waals surface area contributed by atoms with Crippen molar-refractivity contribution in [1.29, 1.82) is 0 Å². The van der Waals surface area contributed by atoms with Gasteiger partial charge in [-0.15, -0.1) is 12.4 Å². The Morgan fingerprint density at radius 3 is 2.33 bits per heavy atom. The summed E-state index contributed by atoms with van der Waals surface area (Å²) in [4.78, 5) is 2.33. The number of para-hydroxylation sites is 1. The second-order valence-electron chi connectivity index (χ2n) is 5.82. The normalized spacial score (nSPS) is 14.2. The molecule has 0 spiro atoms. The number of fused-ring (bicyclic) bond motifs is 1. The molecule has 1 heterocycles. The molecule has 0 fully saturated rings. The molecule has 0 radical (unpaired) electrons. The van der Waals surface area contributed by atoms with E-state index in [1.54, 1.807) is 0 Å². The van der Waals surface area contributed by atoms with Gasteiger partial charge in [0.1, 0.15) is 24.7 Å². The number of rotatable bonds is 5. The fraction of sp³-hybridized carbons (Fsp3) is 0.368. The minimum absolute atomic E-state index is 0. The zero-order valence-electron chi connectivity index (χ0n) is 13.8. The van der Waals surface area contributed by atoms with Crippen LogP contribution >= 0.6 is 24.0 Å². The van der Waals surface area contributed by atoms with Crippen molar-refractivity contribution < 1.29 is 9.47 Å². The Kier molecular flexibility index (Phi) is 7.22. The maximum atomic E-state index is 6.38. The SMILES string of the molecule is CN1CCc2c(Cl)ccc(OCCOc3ccccc3)c2CC1.Cl. The second-order valence-corrected chi connectivity index (χ2v) is 6.22. The van der Waals surface area contributed by atoms with Crippen LogP contribution in [0.3, 0.4) is 0 Å². The van der Waals surface area contributed by atoms with Crippen LogP contribution in [0.4, 0.5) is 0 Å².